The summed E-state index contributed by atoms with van der Waals surface area (Å²) in [6, 6.07) is 0. The molecule has 0 aliphatic carbocycles. The second kappa shape index (κ2) is 5.87. The van der Waals surface area contributed by atoms with E-state index in [-0.39, 0.29) is 11.2 Å². The van der Waals surface area contributed by atoms with E-state index in [4.69, 9.17) is 0 Å². The van der Waals surface area contributed by atoms with Crippen molar-refractivity contribution in [2.75, 3.05) is 7.11 Å². The van der Waals surface area contributed by atoms with Crippen LogP contribution in [-0.2, 0) is 16.6 Å². The Kier molecular flexibility index (Phi) is 4.41. The maximum Gasteiger partial charge on any atom is 0.306 e. The van der Waals surface area contributed by atoms with E-state index in [1.807, 2.05) is 14.0 Å². The van der Waals surface area contributed by atoms with Gasteiger partial charge >= 0.3 is 5.97 Å². The monoisotopic (exact) mass is 344 g/mol. The summed E-state index contributed by atoms with van der Waals surface area (Å²) in [7, 11) is 3.22. The van der Waals surface area contributed by atoms with E-state index in [1.165, 1.54) is 25.2 Å². The summed E-state index contributed by atoms with van der Waals surface area (Å²) < 4.78 is 7.06. The Bertz CT molecular complexity index is 616. The highest BCUT2D eigenvalue weighted by atomic mass is 79.9. The van der Waals surface area contributed by atoms with Crippen LogP contribution < -0.4 is 0 Å². The summed E-state index contributed by atoms with van der Waals surface area (Å²) >= 11 is 4.92. The van der Waals surface area contributed by atoms with Gasteiger partial charge in [0.2, 0.25) is 0 Å². The Balaban J connectivity index is 2.28. The number of fused-ring (bicyclic) bond motifs is 1. The number of carbonyl (C=O) groups excluding carboxylic acids is 1. The van der Waals surface area contributed by atoms with Crippen LogP contribution in [-0.4, -0.2) is 38.1 Å². The van der Waals surface area contributed by atoms with Gasteiger partial charge in [0, 0.05) is 12.3 Å². The van der Waals surface area contributed by atoms with Crippen molar-refractivity contribution in [2.45, 2.75) is 23.6 Å². The Hall–Kier alpha value is -1.15. The first-order chi connectivity index (χ1) is 9.02. The average molecular weight is 345 g/mol. The van der Waals surface area contributed by atoms with Crippen LogP contribution in [0.4, 0.5) is 0 Å². The van der Waals surface area contributed by atoms with E-state index in [9.17, 15) is 4.79 Å². The number of halogens is 1. The Morgan fingerprint density at radius 2 is 2.32 bits per heavy atom. The number of rotatable bonds is 4. The van der Waals surface area contributed by atoms with Gasteiger partial charge in [-0.1, -0.05) is 6.92 Å². The summed E-state index contributed by atoms with van der Waals surface area (Å²) in [6.45, 7) is 1.96. The molecular formula is C11H13BrN4O2S. The Morgan fingerprint density at radius 3 is 3.00 bits per heavy atom. The SMILES string of the molecule is COC(=O)CC(C)Sc1ncnc2c1c(Br)nn2C. The van der Waals surface area contributed by atoms with E-state index >= 15 is 0 Å². The summed E-state index contributed by atoms with van der Waals surface area (Å²) in [5.74, 6) is -0.226. The van der Waals surface area contributed by atoms with Gasteiger partial charge in [0.05, 0.1) is 18.9 Å². The van der Waals surface area contributed by atoms with Crippen LogP contribution in [0.1, 0.15) is 13.3 Å². The van der Waals surface area contributed by atoms with E-state index in [1.54, 1.807) is 4.68 Å². The predicted molar refractivity (Wildman–Crippen MR) is 76.0 cm³/mol. The molecule has 1 atom stereocenters. The van der Waals surface area contributed by atoms with E-state index in [0.717, 1.165) is 16.1 Å². The highest BCUT2D eigenvalue weighted by Gasteiger charge is 2.17. The molecule has 0 aliphatic heterocycles. The summed E-state index contributed by atoms with van der Waals surface area (Å²) in [4.78, 5) is 19.7. The third kappa shape index (κ3) is 3.06. The number of methoxy groups -OCH3 is 1. The summed E-state index contributed by atoms with van der Waals surface area (Å²) in [5.41, 5.74) is 0.759. The van der Waals surface area contributed by atoms with Gasteiger partial charge in [-0.2, -0.15) is 5.10 Å². The normalized spacial score (nSPS) is 12.6. The number of hydrogen-bond donors (Lipinski definition) is 0. The molecule has 0 spiro atoms. The highest BCUT2D eigenvalue weighted by Crippen LogP contribution is 2.33. The first kappa shape index (κ1) is 14.3. The molecule has 8 heteroatoms. The molecule has 0 saturated heterocycles. The minimum Gasteiger partial charge on any atom is -0.469 e. The molecule has 2 rings (SSSR count). The maximum atomic E-state index is 11.3. The lowest BCUT2D eigenvalue weighted by atomic mass is 10.3. The van der Waals surface area contributed by atoms with Crippen LogP contribution in [0.3, 0.4) is 0 Å². The van der Waals surface area contributed by atoms with Crippen molar-refractivity contribution in [3.63, 3.8) is 0 Å². The van der Waals surface area contributed by atoms with Gasteiger partial charge in [-0.25, -0.2) is 14.6 Å². The van der Waals surface area contributed by atoms with Gasteiger partial charge in [0.25, 0.3) is 0 Å². The molecule has 102 valence electrons. The first-order valence-corrected chi connectivity index (χ1v) is 7.27. The molecule has 0 fully saturated rings. The molecule has 0 bridgehead atoms. The highest BCUT2D eigenvalue weighted by molar-refractivity contribution is 9.10. The fraction of sp³-hybridized carbons (Fsp3) is 0.455. The standard InChI is InChI=1S/C11H13BrN4O2S/c1-6(4-7(17)18-3)19-11-8-9(12)15-16(2)10(8)13-5-14-11/h5-6H,4H2,1-3H3. The number of thioether (sulfide) groups is 1. The number of nitrogens with zero attached hydrogens (tertiary/aromatic N) is 4. The number of esters is 1. The fourth-order valence-corrected chi connectivity index (χ4v) is 3.40. The van der Waals surface area contributed by atoms with Crippen LogP contribution in [0.2, 0.25) is 0 Å². The molecule has 1 unspecified atom stereocenters. The molecule has 0 amide bonds. The topological polar surface area (TPSA) is 69.9 Å². The van der Waals surface area contributed by atoms with Gasteiger partial charge in [-0.05, 0) is 15.9 Å². The van der Waals surface area contributed by atoms with E-state index in [0.29, 0.717) is 11.0 Å². The Labute approximate surface area is 123 Å². The predicted octanol–water partition coefficient (Wildman–Crippen LogP) is 2.17. The second-order valence-corrected chi connectivity index (χ2v) is 6.18. The van der Waals surface area contributed by atoms with Crippen molar-refractivity contribution in [1.82, 2.24) is 19.7 Å². The third-order valence-corrected chi connectivity index (χ3v) is 4.19. The van der Waals surface area contributed by atoms with Crippen molar-refractivity contribution in [1.29, 1.82) is 0 Å². The van der Waals surface area contributed by atoms with Crippen molar-refractivity contribution in [3.8, 4) is 0 Å². The van der Waals surface area contributed by atoms with Crippen LogP contribution >= 0.6 is 27.7 Å². The second-order valence-electron chi connectivity index (χ2n) is 4.00. The molecule has 0 radical (unpaired) electrons. The number of ether oxygens (including phenoxy) is 1. The van der Waals surface area contributed by atoms with Crippen molar-refractivity contribution < 1.29 is 9.53 Å². The molecule has 0 aliphatic rings. The lowest BCUT2D eigenvalue weighted by Gasteiger charge is -2.09. The minimum atomic E-state index is -0.226. The molecule has 2 aromatic rings. The maximum absolute atomic E-state index is 11.3. The van der Waals surface area contributed by atoms with Gasteiger partial charge in [-0.3, -0.25) is 4.79 Å². The quantitative estimate of drug-likeness (QED) is 0.481. The smallest absolute Gasteiger partial charge is 0.306 e. The van der Waals surface area contributed by atoms with Crippen molar-refractivity contribution >= 4 is 44.7 Å². The van der Waals surface area contributed by atoms with Crippen molar-refractivity contribution in [2.24, 2.45) is 7.05 Å². The average Bonchev–Trinajstić information content (AvgIpc) is 2.66. The minimum absolute atomic E-state index is 0.0673. The zero-order valence-corrected chi connectivity index (χ0v) is 13.2. The first-order valence-electron chi connectivity index (χ1n) is 5.59. The lowest BCUT2D eigenvalue weighted by Crippen LogP contribution is -2.08. The zero-order valence-electron chi connectivity index (χ0n) is 10.8. The van der Waals surface area contributed by atoms with Gasteiger partial charge in [-0.15, -0.1) is 11.8 Å². The molecule has 0 saturated carbocycles. The number of aromatic nitrogens is 4. The van der Waals surface area contributed by atoms with E-state index < -0.39 is 0 Å². The summed E-state index contributed by atoms with van der Waals surface area (Å²) in [6.07, 6.45) is 1.84. The summed E-state index contributed by atoms with van der Waals surface area (Å²) in [5, 5.41) is 6.00. The number of aryl methyl sites for hydroxylation is 1. The fourth-order valence-electron chi connectivity index (χ4n) is 1.66. The largest absolute Gasteiger partial charge is 0.469 e. The number of carbonyl (C=O) groups is 1. The van der Waals surface area contributed by atoms with Crippen molar-refractivity contribution in [3.05, 3.63) is 10.9 Å². The lowest BCUT2D eigenvalue weighted by molar-refractivity contribution is -0.140. The Morgan fingerprint density at radius 1 is 1.58 bits per heavy atom. The molecule has 19 heavy (non-hydrogen) atoms. The van der Waals surface area contributed by atoms with E-state index in [2.05, 4.69) is 35.7 Å². The molecule has 6 nitrogen and oxygen atoms in total. The van der Waals surface area contributed by atoms with Gasteiger partial charge in [0.15, 0.2) is 5.65 Å². The van der Waals surface area contributed by atoms with Crippen LogP contribution in [0, 0.1) is 0 Å². The zero-order chi connectivity index (χ0) is 14.0. The third-order valence-electron chi connectivity index (χ3n) is 2.54. The molecule has 2 aromatic heterocycles. The molecular weight excluding hydrogens is 332 g/mol. The van der Waals surface area contributed by atoms with Crippen LogP contribution in [0.5, 0.6) is 0 Å². The molecule has 0 aromatic carbocycles. The number of hydrogen-bond acceptors (Lipinski definition) is 6. The van der Waals surface area contributed by atoms with Crippen LogP contribution in [0.15, 0.2) is 16.0 Å². The molecule has 0 N–H and O–H groups in total. The molecule has 2 heterocycles. The van der Waals surface area contributed by atoms with Gasteiger partial charge in [0.1, 0.15) is 16.0 Å². The van der Waals surface area contributed by atoms with Gasteiger partial charge < -0.3 is 4.74 Å². The van der Waals surface area contributed by atoms with Crippen LogP contribution in [0.25, 0.3) is 11.0 Å².